The molecule has 0 aliphatic carbocycles. The largest absolute Gasteiger partial charge is 0.465 e. The lowest BCUT2D eigenvalue weighted by Gasteiger charge is -2.21. The number of rotatable bonds is 4. The summed E-state index contributed by atoms with van der Waals surface area (Å²) >= 11 is 10.6. The van der Waals surface area contributed by atoms with Crippen molar-refractivity contribution < 1.29 is 17.9 Å². The van der Waals surface area contributed by atoms with Crippen molar-refractivity contribution in [2.24, 2.45) is 5.73 Å². The first-order valence-corrected chi connectivity index (χ1v) is 7.68. The number of hydrogen-bond donors (Lipinski definition) is 1. The smallest absolute Gasteiger partial charge is 0.337 e. The molecule has 0 saturated heterocycles. The van der Waals surface area contributed by atoms with Gasteiger partial charge in [-0.05, 0) is 37.3 Å². The Morgan fingerprint density at radius 2 is 2.10 bits per heavy atom. The molecule has 0 amide bonds. The lowest BCUT2D eigenvalue weighted by atomic mass is 10.2. The van der Waals surface area contributed by atoms with Gasteiger partial charge in [-0.1, -0.05) is 11.6 Å². The minimum Gasteiger partial charge on any atom is -0.465 e. The maximum atomic E-state index is 12.4. The summed E-state index contributed by atoms with van der Waals surface area (Å²) in [5.41, 5.74) is 5.45. The molecule has 0 radical (unpaired) electrons. The first-order chi connectivity index (χ1) is 9.25. The second-order valence-electron chi connectivity index (χ2n) is 3.64. The fourth-order valence-corrected chi connectivity index (χ4v) is 3.75. The predicted molar refractivity (Wildman–Crippen MR) is 79.1 cm³/mol. The molecule has 0 heterocycles. The van der Waals surface area contributed by atoms with E-state index in [4.69, 9.17) is 29.6 Å². The summed E-state index contributed by atoms with van der Waals surface area (Å²) in [5.74, 6) is -0.670. The molecular weight excluding hydrogens is 324 g/mol. The Bertz CT molecular complexity index is 646. The molecule has 0 unspecified atom stereocenters. The van der Waals surface area contributed by atoms with Gasteiger partial charge >= 0.3 is 5.97 Å². The van der Waals surface area contributed by atoms with Crippen molar-refractivity contribution in [2.45, 2.75) is 11.8 Å². The molecule has 110 valence electrons. The van der Waals surface area contributed by atoms with E-state index in [0.717, 1.165) is 10.4 Å². The second-order valence-corrected chi connectivity index (χ2v) is 6.30. The number of methoxy groups -OCH3 is 1. The highest BCUT2D eigenvalue weighted by Crippen LogP contribution is 2.26. The van der Waals surface area contributed by atoms with E-state index in [-0.39, 0.29) is 27.1 Å². The maximum absolute atomic E-state index is 12.4. The number of halogens is 1. The zero-order valence-electron chi connectivity index (χ0n) is 10.8. The Morgan fingerprint density at radius 1 is 1.50 bits per heavy atom. The number of carbonyl (C=O) groups excluding carboxylic acids is 1. The fourth-order valence-electron chi connectivity index (χ4n) is 1.51. The summed E-state index contributed by atoms with van der Waals surface area (Å²) < 4.78 is 30.2. The molecule has 0 saturated carbocycles. The van der Waals surface area contributed by atoms with Gasteiger partial charge in [0.25, 0.3) is 10.0 Å². The molecule has 0 fully saturated rings. The van der Waals surface area contributed by atoms with Crippen LogP contribution in [0.15, 0.2) is 23.1 Å². The fraction of sp³-hybridized carbons (Fsp3) is 0.273. The molecule has 0 aromatic heterocycles. The van der Waals surface area contributed by atoms with Gasteiger partial charge in [-0.2, -0.15) is 0 Å². The number of nitrogens with two attached hydrogens (primary N) is 1. The molecule has 0 bridgehead atoms. The molecule has 1 aromatic rings. The van der Waals surface area contributed by atoms with E-state index >= 15 is 0 Å². The summed E-state index contributed by atoms with van der Waals surface area (Å²) in [6, 6.07) is 3.79. The highest BCUT2D eigenvalue weighted by molar-refractivity contribution is 7.91. The first kappa shape index (κ1) is 16.7. The molecule has 6 nitrogen and oxygen atoms in total. The van der Waals surface area contributed by atoms with Crippen LogP contribution in [-0.4, -0.2) is 37.5 Å². The van der Waals surface area contributed by atoms with Gasteiger partial charge in [0.2, 0.25) is 0 Å². The number of hydrogen-bond acceptors (Lipinski definition) is 5. The minimum absolute atomic E-state index is 0.0349. The Morgan fingerprint density at radius 3 is 2.55 bits per heavy atom. The van der Waals surface area contributed by atoms with Crippen LogP contribution in [0.4, 0.5) is 0 Å². The van der Waals surface area contributed by atoms with Crippen molar-refractivity contribution in [3.05, 3.63) is 28.8 Å². The van der Waals surface area contributed by atoms with Crippen molar-refractivity contribution in [3.8, 4) is 0 Å². The van der Waals surface area contributed by atoms with E-state index in [1.54, 1.807) is 6.92 Å². The van der Waals surface area contributed by atoms with Crippen molar-refractivity contribution in [3.63, 3.8) is 0 Å². The third-order valence-corrected chi connectivity index (χ3v) is 5.16. The molecule has 2 N–H and O–H groups in total. The average Bonchev–Trinajstić information content (AvgIpc) is 2.38. The van der Waals surface area contributed by atoms with Crippen LogP contribution in [0.3, 0.4) is 0 Å². The van der Waals surface area contributed by atoms with E-state index in [2.05, 4.69) is 4.74 Å². The summed E-state index contributed by atoms with van der Waals surface area (Å²) in [6.45, 7) is 1.63. The zero-order chi connectivity index (χ0) is 15.5. The number of esters is 1. The summed E-state index contributed by atoms with van der Waals surface area (Å²) in [6.07, 6.45) is 0. The lowest BCUT2D eigenvalue weighted by Crippen LogP contribution is -2.40. The Kier molecular flexibility index (Phi) is 5.32. The van der Waals surface area contributed by atoms with Gasteiger partial charge in [0.15, 0.2) is 5.11 Å². The molecule has 20 heavy (non-hydrogen) atoms. The van der Waals surface area contributed by atoms with Crippen LogP contribution in [0, 0.1) is 0 Å². The summed E-state index contributed by atoms with van der Waals surface area (Å²) in [7, 11) is -2.82. The van der Waals surface area contributed by atoms with Crippen LogP contribution < -0.4 is 5.73 Å². The van der Waals surface area contributed by atoms with Gasteiger partial charge in [-0.3, -0.25) is 0 Å². The van der Waals surface area contributed by atoms with Crippen LogP contribution in [0.25, 0.3) is 0 Å². The molecular formula is C11H13ClN2O4S2. The number of benzene rings is 1. The van der Waals surface area contributed by atoms with E-state index in [1.807, 2.05) is 0 Å². The molecule has 0 spiro atoms. The highest BCUT2D eigenvalue weighted by atomic mass is 35.5. The number of sulfonamides is 1. The SMILES string of the molecule is CCN(C(N)=S)S(=O)(=O)c1cc(C(=O)OC)ccc1Cl. The third-order valence-electron chi connectivity index (χ3n) is 2.45. The van der Waals surface area contributed by atoms with Crippen LogP contribution in [-0.2, 0) is 14.8 Å². The topological polar surface area (TPSA) is 89.7 Å². The van der Waals surface area contributed by atoms with E-state index in [1.165, 1.54) is 19.2 Å². The Labute approximate surface area is 127 Å². The number of nitrogens with zero attached hydrogens (tertiary/aromatic N) is 1. The Balaban J connectivity index is 3.45. The number of ether oxygens (including phenoxy) is 1. The van der Waals surface area contributed by atoms with Crippen LogP contribution in [0.1, 0.15) is 17.3 Å². The van der Waals surface area contributed by atoms with E-state index in [9.17, 15) is 13.2 Å². The molecule has 0 atom stereocenters. The lowest BCUT2D eigenvalue weighted by molar-refractivity contribution is 0.0600. The second kappa shape index (κ2) is 6.38. The van der Waals surface area contributed by atoms with Gasteiger partial charge in [-0.15, -0.1) is 0 Å². The molecule has 1 rings (SSSR count). The number of carbonyl (C=O) groups is 1. The van der Waals surface area contributed by atoms with Gasteiger partial charge in [0.1, 0.15) is 4.90 Å². The molecule has 0 aliphatic rings. The summed E-state index contributed by atoms with van der Waals surface area (Å²) in [5, 5.41) is -0.334. The van der Waals surface area contributed by atoms with E-state index < -0.39 is 16.0 Å². The Hall–Kier alpha value is -1.38. The van der Waals surface area contributed by atoms with Crippen molar-refractivity contribution in [2.75, 3.05) is 13.7 Å². The molecule has 9 heteroatoms. The van der Waals surface area contributed by atoms with Crippen LogP contribution >= 0.6 is 23.8 Å². The van der Waals surface area contributed by atoms with Crippen LogP contribution in [0.5, 0.6) is 0 Å². The average molecular weight is 337 g/mol. The van der Waals surface area contributed by atoms with Crippen LogP contribution in [0.2, 0.25) is 5.02 Å². The normalized spacial score (nSPS) is 10.9. The van der Waals surface area contributed by atoms with E-state index in [0.29, 0.717) is 0 Å². The first-order valence-electron chi connectivity index (χ1n) is 5.45. The predicted octanol–water partition coefficient (Wildman–Crippen LogP) is 1.38. The zero-order valence-corrected chi connectivity index (χ0v) is 13.2. The summed E-state index contributed by atoms with van der Waals surface area (Å²) in [4.78, 5) is 11.2. The van der Waals surface area contributed by atoms with Crippen molar-refractivity contribution >= 4 is 44.9 Å². The molecule has 1 aromatic carbocycles. The quantitative estimate of drug-likeness (QED) is 0.660. The van der Waals surface area contributed by atoms with Crippen molar-refractivity contribution in [1.29, 1.82) is 0 Å². The minimum atomic E-state index is -4.02. The van der Waals surface area contributed by atoms with Gasteiger partial charge in [0, 0.05) is 6.54 Å². The maximum Gasteiger partial charge on any atom is 0.337 e. The van der Waals surface area contributed by atoms with Gasteiger partial charge < -0.3 is 10.5 Å². The number of thiocarbonyl (C=S) groups is 1. The van der Waals surface area contributed by atoms with Gasteiger partial charge in [0.05, 0.1) is 17.7 Å². The monoisotopic (exact) mass is 336 g/mol. The van der Waals surface area contributed by atoms with Gasteiger partial charge in [-0.25, -0.2) is 17.5 Å². The molecule has 0 aliphatic heterocycles. The van der Waals surface area contributed by atoms with Crippen molar-refractivity contribution in [1.82, 2.24) is 4.31 Å². The third kappa shape index (κ3) is 3.20. The standard InChI is InChI=1S/C11H13ClN2O4S2/c1-3-14(11(13)19)20(16,17)9-6-7(10(15)18-2)4-5-8(9)12/h4-6H,3H2,1-2H3,(H2,13,19). The highest BCUT2D eigenvalue weighted by Gasteiger charge is 2.27.